The van der Waals surface area contributed by atoms with E-state index in [1.54, 1.807) is 0 Å². The van der Waals surface area contributed by atoms with Gasteiger partial charge in [0.1, 0.15) is 17.0 Å². The predicted molar refractivity (Wildman–Crippen MR) is 132 cm³/mol. The highest BCUT2D eigenvalue weighted by atomic mass is 15.2. The first-order chi connectivity index (χ1) is 16.1. The lowest BCUT2D eigenvalue weighted by molar-refractivity contribution is 0.187. The maximum Gasteiger partial charge on any atom is 0.177 e. The number of benzene rings is 2. The van der Waals surface area contributed by atoms with Crippen LogP contribution in [0.5, 0.6) is 0 Å². The molecule has 0 saturated carbocycles. The molecule has 6 heteroatoms. The summed E-state index contributed by atoms with van der Waals surface area (Å²) >= 11 is 0. The van der Waals surface area contributed by atoms with Crippen LogP contribution in [-0.4, -0.2) is 33.3 Å². The summed E-state index contributed by atoms with van der Waals surface area (Å²) in [6.45, 7) is 8.22. The quantitative estimate of drug-likeness (QED) is 0.492. The average molecular weight is 437 g/mol. The molecule has 2 aromatic heterocycles. The van der Waals surface area contributed by atoms with Gasteiger partial charge in [-0.3, -0.25) is 5.10 Å². The van der Waals surface area contributed by atoms with E-state index in [0.717, 1.165) is 66.1 Å². The predicted octanol–water partition coefficient (Wildman–Crippen LogP) is 4.57. The third-order valence-corrected chi connectivity index (χ3v) is 7.69. The molecule has 6 nitrogen and oxygen atoms in total. The van der Waals surface area contributed by atoms with Gasteiger partial charge in [-0.1, -0.05) is 55.1 Å². The number of rotatable bonds is 3. The smallest absolute Gasteiger partial charge is 0.177 e. The summed E-state index contributed by atoms with van der Waals surface area (Å²) in [4.78, 5) is 11.9. The molecular weight excluding hydrogens is 408 g/mol. The molecule has 2 aromatic carbocycles. The molecule has 0 radical (unpaired) electrons. The zero-order valence-electron chi connectivity index (χ0n) is 18.9. The molecule has 1 fully saturated rings. The van der Waals surface area contributed by atoms with E-state index < -0.39 is 0 Å². The van der Waals surface area contributed by atoms with E-state index >= 15 is 0 Å². The largest absolute Gasteiger partial charge is 0.355 e. The first-order valence-corrected chi connectivity index (χ1v) is 11.6. The number of hydrogen-bond acceptors (Lipinski definition) is 5. The second kappa shape index (κ2) is 7.52. The van der Waals surface area contributed by atoms with Crippen LogP contribution in [0.3, 0.4) is 0 Å². The summed E-state index contributed by atoms with van der Waals surface area (Å²) in [6.07, 6.45) is 5.06. The van der Waals surface area contributed by atoms with Gasteiger partial charge in [0.25, 0.3) is 0 Å². The van der Waals surface area contributed by atoms with Crippen molar-refractivity contribution in [1.82, 2.24) is 20.2 Å². The normalized spacial score (nSPS) is 19.2. The summed E-state index contributed by atoms with van der Waals surface area (Å²) in [5.74, 6) is 0.887. The lowest BCUT2D eigenvalue weighted by Gasteiger charge is -2.42. The van der Waals surface area contributed by atoms with Gasteiger partial charge in [-0.05, 0) is 53.9 Å². The minimum atomic E-state index is 0.118. The Kier molecular flexibility index (Phi) is 4.59. The van der Waals surface area contributed by atoms with E-state index in [0.29, 0.717) is 5.65 Å². The van der Waals surface area contributed by atoms with Gasteiger partial charge in [-0.25, -0.2) is 9.97 Å². The van der Waals surface area contributed by atoms with E-state index in [4.69, 9.17) is 15.7 Å². The second-order valence-electron chi connectivity index (χ2n) is 9.49. The molecule has 1 saturated heterocycles. The highest BCUT2D eigenvalue weighted by Gasteiger charge is 2.45. The standard InChI is InChI=1S/C27H28N6/c1-17-7-3-5-9-20(17)18(2)23-24-26(32-31-23)30-22(16-29-24)33-13-11-27(12-14-33)15-19-8-4-6-10-21(19)25(27)28/h3-10,16,25H,2,11-15,28H2,1H3,(H,30,31,32)/t25-/m1/s1. The Morgan fingerprint density at radius 3 is 2.67 bits per heavy atom. The summed E-state index contributed by atoms with van der Waals surface area (Å²) in [7, 11) is 0. The third-order valence-electron chi connectivity index (χ3n) is 7.69. The maximum atomic E-state index is 6.74. The summed E-state index contributed by atoms with van der Waals surface area (Å²) in [6, 6.07) is 17.0. The number of hydrogen-bond donors (Lipinski definition) is 2. The Hall–Kier alpha value is -3.51. The van der Waals surface area contributed by atoms with Crippen LogP contribution in [0.1, 0.15) is 46.8 Å². The Labute approximate surface area is 193 Å². The second-order valence-corrected chi connectivity index (χ2v) is 9.49. The van der Waals surface area contributed by atoms with Gasteiger partial charge in [-0.2, -0.15) is 5.10 Å². The lowest BCUT2D eigenvalue weighted by atomic mass is 9.73. The monoisotopic (exact) mass is 436 g/mol. The van der Waals surface area contributed by atoms with Crippen LogP contribution in [0.4, 0.5) is 5.82 Å². The molecule has 1 atom stereocenters. The van der Waals surface area contributed by atoms with Crippen LogP contribution in [-0.2, 0) is 6.42 Å². The van der Waals surface area contributed by atoms with Crippen molar-refractivity contribution in [3.63, 3.8) is 0 Å². The fourth-order valence-corrected chi connectivity index (χ4v) is 5.68. The molecule has 6 rings (SSSR count). The number of nitrogens with zero attached hydrogens (tertiary/aromatic N) is 4. The Morgan fingerprint density at radius 2 is 1.88 bits per heavy atom. The van der Waals surface area contributed by atoms with Gasteiger partial charge < -0.3 is 10.6 Å². The van der Waals surface area contributed by atoms with Gasteiger partial charge in [0.05, 0.1) is 6.20 Å². The maximum absolute atomic E-state index is 6.74. The van der Waals surface area contributed by atoms with E-state index in [-0.39, 0.29) is 11.5 Å². The molecule has 1 aliphatic heterocycles. The first kappa shape index (κ1) is 20.1. The average Bonchev–Trinajstić information content (AvgIpc) is 3.38. The minimum Gasteiger partial charge on any atom is -0.355 e. The van der Waals surface area contributed by atoms with Crippen LogP contribution < -0.4 is 10.6 Å². The van der Waals surface area contributed by atoms with E-state index in [2.05, 4.69) is 65.0 Å². The van der Waals surface area contributed by atoms with Crippen molar-refractivity contribution in [3.05, 3.63) is 89.3 Å². The summed E-state index contributed by atoms with van der Waals surface area (Å²) in [5.41, 5.74) is 14.9. The molecule has 1 spiro atoms. The summed E-state index contributed by atoms with van der Waals surface area (Å²) < 4.78 is 0. The van der Waals surface area contributed by atoms with E-state index in [9.17, 15) is 0 Å². The fraction of sp³-hybridized carbons (Fsp3) is 0.296. The van der Waals surface area contributed by atoms with Crippen molar-refractivity contribution in [3.8, 4) is 0 Å². The first-order valence-electron chi connectivity index (χ1n) is 11.6. The van der Waals surface area contributed by atoms with Crippen molar-refractivity contribution >= 4 is 22.6 Å². The molecule has 4 aromatic rings. The number of piperidine rings is 1. The molecule has 3 N–H and O–H groups in total. The molecular formula is C27H28N6. The molecule has 2 aliphatic rings. The highest BCUT2D eigenvalue weighted by molar-refractivity contribution is 5.91. The molecule has 0 unspecified atom stereocenters. The molecule has 0 bridgehead atoms. The zero-order valence-corrected chi connectivity index (χ0v) is 18.9. The van der Waals surface area contributed by atoms with Gasteiger partial charge in [0.2, 0.25) is 0 Å². The van der Waals surface area contributed by atoms with Crippen molar-refractivity contribution in [1.29, 1.82) is 0 Å². The number of aryl methyl sites for hydroxylation is 1. The minimum absolute atomic E-state index is 0.118. The Balaban J connectivity index is 1.22. The molecule has 1 aliphatic carbocycles. The van der Waals surface area contributed by atoms with Crippen LogP contribution >= 0.6 is 0 Å². The van der Waals surface area contributed by atoms with Crippen molar-refractivity contribution in [2.45, 2.75) is 32.2 Å². The fourth-order valence-electron chi connectivity index (χ4n) is 5.68. The van der Waals surface area contributed by atoms with Gasteiger partial charge in [-0.15, -0.1) is 0 Å². The van der Waals surface area contributed by atoms with E-state index in [1.807, 2.05) is 18.3 Å². The number of fused-ring (bicyclic) bond motifs is 2. The van der Waals surface area contributed by atoms with Crippen LogP contribution in [0, 0.1) is 12.3 Å². The number of aromatic amines is 1. The van der Waals surface area contributed by atoms with Gasteiger partial charge in [0.15, 0.2) is 5.65 Å². The van der Waals surface area contributed by atoms with Crippen molar-refractivity contribution in [2.75, 3.05) is 18.0 Å². The van der Waals surface area contributed by atoms with Crippen LogP contribution in [0.15, 0.2) is 61.3 Å². The molecule has 166 valence electrons. The van der Waals surface area contributed by atoms with Crippen molar-refractivity contribution in [2.24, 2.45) is 11.1 Å². The number of nitrogens with two attached hydrogens (primary N) is 1. The SMILES string of the molecule is C=C(c1ccccc1C)c1n[nH]c2nc(N3CCC4(CC3)Cc3ccccc3[C@H]4N)cnc12. The Morgan fingerprint density at radius 1 is 1.12 bits per heavy atom. The number of anilines is 1. The number of nitrogens with one attached hydrogen (secondary N) is 1. The number of H-pyrrole nitrogens is 1. The van der Waals surface area contributed by atoms with Gasteiger partial charge in [0, 0.05) is 24.7 Å². The summed E-state index contributed by atoms with van der Waals surface area (Å²) in [5, 5.41) is 7.58. The molecule has 3 heterocycles. The zero-order chi connectivity index (χ0) is 22.6. The number of aromatic nitrogens is 4. The lowest BCUT2D eigenvalue weighted by Crippen LogP contribution is -2.44. The highest BCUT2D eigenvalue weighted by Crippen LogP contribution is 2.50. The van der Waals surface area contributed by atoms with Crippen LogP contribution in [0.2, 0.25) is 0 Å². The van der Waals surface area contributed by atoms with Gasteiger partial charge >= 0.3 is 0 Å². The molecule has 0 amide bonds. The topological polar surface area (TPSA) is 83.7 Å². The third kappa shape index (κ3) is 3.16. The van der Waals surface area contributed by atoms with Crippen molar-refractivity contribution < 1.29 is 0 Å². The van der Waals surface area contributed by atoms with Crippen LogP contribution in [0.25, 0.3) is 16.7 Å². The molecule has 33 heavy (non-hydrogen) atoms. The van der Waals surface area contributed by atoms with E-state index in [1.165, 1.54) is 11.1 Å². The Bertz CT molecular complexity index is 1360.